The van der Waals surface area contributed by atoms with Crippen molar-refractivity contribution in [3.8, 4) is 23.0 Å². The molecule has 0 N–H and O–H groups in total. The summed E-state index contributed by atoms with van der Waals surface area (Å²) < 4.78 is 11.3. The van der Waals surface area contributed by atoms with Crippen molar-refractivity contribution in [3.63, 3.8) is 0 Å². The number of rotatable bonds is 10. The van der Waals surface area contributed by atoms with Gasteiger partial charge < -0.3 is 4.74 Å². The summed E-state index contributed by atoms with van der Waals surface area (Å²) >= 11 is 0. The molecule has 0 aliphatic heterocycles. The first-order valence-electron chi connectivity index (χ1n) is 18.7. The van der Waals surface area contributed by atoms with Crippen LogP contribution in [0.4, 0.5) is 0 Å². The molecule has 0 saturated carbocycles. The molecule has 3 heterocycles. The van der Waals surface area contributed by atoms with Crippen molar-refractivity contribution in [2.75, 3.05) is 0 Å². The van der Waals surface area contributed by atoms with Gasteiger partial charge in [0.05, 0.1) is 22.4 Å². The average molecular weight is 665 g/mol. The first-order valence-corrected chi connectivity index (χ1v) is 18.7. The van der Waals surface area contributed by atoms with Crippen molar-refractivity contribution in [3.05, 3.63) is 119 Å². The molecule has 0 radical (unpaired) electrons. The Morgan fingerprint density at radius 1 is 0.880 bits per heavy atom. The molecule has 50 heavy (non-hydrogen) atoms. The highest BCUT2D eigenvalue weighted by Gasteiger charge is 2.31. The minimum atomic E-state index is 0.331. The molecule has 1 aliphatic carbocycles. The number of para-hydroxylation sites is 1. The lowest BCUT2D eigenvalue weighted by Crippen LogP contribution is -2.18. The van der Waals surface area contributed by atoms with Gasteiger partial charge in [0.2, 0.25) is 0 Å². The molecule has 0 spiro atoms. The Hall–Kier alpha value is -4.64. The van der Waals surface area contributed by atoms with Crippen LogP contribution in [0, 0.1) is 18.8 Å². The van der Waals surface area contributed by atoms with Crippen molar-refractivity contribution in [1.82, 2.24) is 19.3 Å². The van der Waals surface area contributed by atoms with E-state index in [1.807, 2.05) is 6.20 Å². The monoisotopic (exact) mass is 664 g/mol. The largest absolute Gasteiger partial charge is 0.457 e. The van der Waals surface area contributed by atoms with E-state index in [-0.39, 0.29) is 0 Å². The van der Waals surface area contributed by atoms with Crippen LogP contribution in [0.2, 0.25) is 0 Å². The second-order valence-electron chi connectivity index (χ2n) is 15.3. The Morgan fingerprint density at radius 2 is 1.68 bits per heavy atom. The fourth-order valence-corrected chi connectivity index (χ4v) is 8.16. The van der Waals surface area contributed by atoms with Gasteiger partial charge in [0.25, 0.3) is 0 Å². The molecule has 1 aliphatic rings. The van der Waals surface area contributed by atoms with Gasteiger partial charge in [-0.15, -0.1) is 0 Å². The van der Waals surface area contributed by atoms with Gasteiger partial charge >= 0.3 is 0 Å². The highest BCUT2D eigenvalue weighted by molar-refractivity contribution is 6.09. The molecule has 6 aromatic rings. The van der Waals surface area contributed by atoms with Crippen LogP contribution >= 0.6 is 0 Å². The first kappa shape index (κ1) is 33.8. The lowest BCUT2D eigenvalue weighted by Gasteiger charge is -2.30. The van der Waals surface area contributed by atoms with Gasteiger partial charge in [-0.1, -0.05) is 77.8 Å². The summed E-state index contributed by atoms with van der Waals surface area (Å²) in [6.45, 7) is 18.3. The molecule has 0 saturated heterocycles. The van der Waals surface area contributed by atoms with E-state index in [1.165, 1.54) is 51.6 Å². The lowest BCUT2D eigenvalue weighted by atomic mass is 9.74. The van der Waals surface area contributed by atoms with Crippen molar-refractivity contribution in [2.45, 2.75) is 99.3 Å². The fraction of sp³-hybridized carbons (Fsp3) is 0.378. The Balaban J connectivity index is 1.34. The first-order chi connectivity index (χ1) is 24.1. The number of benzene rings is 3. The summed E-state index contributed by atoms with van der Waals surface area (Å²) in [6.07, 6.45) is 9.87. The molecule has 0 amide bonds. The van der Waals surface area contributed by atoms with Crippen LogP contribution in [-0.2, 0) is 12.8 Å². The Labute approximate surface area is 298 Å². The maximum Gasteiger partial charge on any atom is 0.137 e. The number of hydrogen-bond acceptors (Lipinski definition) is 3. The summed E-state index contributed by atoms with van der Waals surface area (Å²) in [7, 11) is 0. The van der Waals surface area contributed by atoms with Crippen molar-refractivity contribution in [2.24, 2.45) is 11.8 Å². The number of ether oxygens (including phenoxy) is 1. The van der Waals surface area contributed by atoms with Crippen molar-refractivity contribution < 1.29 is 4.74 Å². The second kappa shape index (κ2) is 13.9. The summed E-state index contributed by atoms with van der Waals surface area (Å²) in [5.41, 5.74) is 11.2. The third-order valence-corrected chi connectivity index (χ3v) is 10.6. The number of aryl methyl sites for hydroxylation is 2. The molecule has 0 fully saturated rings. The van der Waals surface area contributed by atoms with Gasteiger partial charge in [0.1, 0.15) is 17.3 Å². The molecule has 258 valence electrons. The fourth-order valence-electron chi connectivity index (χ4n) is 8.16. The predicted molar refractivity (Wildman–Crippen MR) is 208 cm³/mol. The molecule has 2 atom stereocenters. The molecule has 1 unspecified atom stereocenters. The minimum absolute atomic E-state index is 0.331. The van der Waals surface area contributed by atoms with E-state index in [9.17, 15) is 0 Å². The maximum atomic E-state index is 6.81. The van der Waals surface area contributed by atoms with Gasteiger partial charge in [-0.05, 0) is 111 Å². The molecule has 7 rings (SSSR count). The van der Waals surface area contributed by atoms with E-state index < -0.39 is 0 Å². The number of nitrogens with zero attached hydrogens (tertiary/aromatic N) is 4. The van der Waals surface area contributed by atoms with E-state index in [0.29, 0.717) is 23.7 Å². The van der Waals surface area contributed by atoms with Crippen LogP contribution in [-0.4, -0.2) is 19.3 Å². The smallest absolute Gasteiger partial charge is 0.137 e. The summed E-state index contributed by atoms with van der Waals surface area (Å²) in [5.74, 6) is 4.40. The number of pyridine rings is 1. The minimum Gasteiger partial charge on any atom is -0.457 e. The summed E-state index contributed by atoms with van der Waals surface area (Å²) in [5, 5.41) is 7.68. The number of fused-ring (bicyclic) bond motifs is 3. The van der Waals surface area contributed by atoms with Gasteiger partial charge in [-0.2, -0.15) is 5.10 Å². The predicted octanol–water partition coefficient (Wildman–Crippen LogP) is 12.2. The van der Waals surface area contributed by atoms with Gasteiger partial charge in [-0.25, -0.2) is 9.67 Å². The van der Waals surface area contributed by atoms with Crippen LogP contribution in [0.3, 0.4) is 0 Å². The molecule has 3 aromatic carbocycles. The van der Waals surface area contributed by atoms with E-state index in [2.05, 4.69) is 144 Å². The third kappa shape index (κ3) is 6.39. The van der Waals surface area contributed by atoms with Crippen LogP contribution in [0.25, 0.3) is 33.3 Å². The van der Waals surface area contributed by atoms with E-state index in [1.54, 1.807) is 0 Å². The summed E-state index contributed by atoms with van der Waals surface area (Å²) in [4.78, 5) is 4.84. The maximum absolute atomic E-state index is 6.81. The zero-order valence-electron chi connectivity index (χ0n) is 31.1. The zero-order chi connectivity index (χ0) is 35.1. The highest BCUT2D eigenvalue weighted by Crippen LogP contribution is 2.43. The molecular formula is C45H52N4O. The van der Waals surface area contributed by atoms with Crippen LogP contribution in [0.5, 0.6) is 11.5 Å². The van der Waals surface area contributed by atoms with Crippen LogP contribution in [0.1, 0.15) is 108 Å². The number of hydrogen-bond donors (Lipinski definition) is 0. The van der Waals surface area contributed by atoms with Crippen LogP contribution in [0.15, 0.2) is 90.6 Å². The molecule has 5 nitrogen and oxygen atoms in total. The average Bonchev–Trinajstić information content (AvgIpc) is 3.58. The molecular weight excluding hydrogens is 613 g/mol. The second-order valence-corrected chi connectivity index (χ2v) is 15.3. The van der Waals surface area contributed by atoms with Crippen molar-refractivity contribution in [1.29, 1.82) is 0 Å². The van der Waals surface area contributed by atoms with E-state index in [4.69, 9.17) is 14.8 Å². The normalized spacial score (nSPS) is 16.6. The van der Waals surface area contributed by atoms with Gasteiger partial charge in [0.15, 0.2) is 0 Å². The topological polar surface area (TPSA) is 44.9 Å². The number of allylic oxidation sites excluding steroid dienone is 2. The van der Waals surface area contributed by atoms with Crippen LogP contribution < -0.4 is 4.74 Å². The third-order valence-electron chi connectivity index (χ3n) is 10.6. The Bertz CT molecular complexity index is 2200. The summed E-state index contributed by atoms with van der Waals surface area (Å²) in [6, 6.07) is 26.1. The Kier molecular flexibility index (Phi) is 9.43. The van der Waals surface area contributed by atoms with E-state index >= 15 is 0 Å². The molecule has 5 heteroatoms. The molecule has 3 aromatic heterocycles. The SMILES string of the molecule is CCCc1ccnc(-n2c3ccccc3c3ccc(Oc4cc(C(C)C)cc(-n5nc(C)c([C@H]6C(C)=CCCC6C)c5CC(C)C)c4)cc32)c1. The molecule has 0 bridgehead atoms. The zero-order valence-corrected chi connectivity index (χ0v) is 31.1. The standard InChI is InChI=1S/C45H52N4O/c1-9-13-33-20-21-46-43(23-33)48-40-17-11-10-16-38(40)39-19-18-36(27-41(39)48)50-37-25-34(29(4)5)24-35(26-37)49-42(22-28(2)3)45(32(8)47-49)44-30(6)14-12-15-31(44)7/h10-11,14,16-21,23-29,31,44H,9,12-13,15,22H2,1-8H3/t31?,44-/m0/s1. The quantitative estimate of drug-likeness (QED) is 0.137. The Morgan fingerprint density at radius 3 is 2.44 bits per heavy atom. The van der Waals surface area contributed by atoms with Gasteiger partial charge in [0, 0.05) is 46.3 Å². The highest BCUT2D eigenvalue weighted by atomic mass is 16.5. The number of aromatic nitrogens is 4. The lowest BCUT2D eigenvalue weighted by molar-refractivity contribution is 0.444. The van der Waals surface area contributed by atoms with E-state index in [0.717, 1.165) is 59.0 Å². The van der Waals surface area contributed by atoms with Crippen molar-refractivity contribution >= 4 is 21.8 Å². The van der Waals surface area contributed by atoms with Gasteiger partial charge in [-0.3, -0.25) is 4.57 Å².